The van der Waals surface area contributed by atoms with Gasteiger partial charge in [-0.3, -0.25) is 0 Å². The van der Waals surface area contributed by atoms with Crippen molar-refractivity contribution in [2.24, 2.45) is 0 Å². The second-order valence-electron chi connectivity index (χ2n) is 5.83. The molecule has 0 aliphatic heterocycles. The summed E-state index contributed by atoms with van der Waals surface area (Å²) in [4.78, 5) is 0. The fourth-order valence-electron chi connectivity index (χ4n) is 3.21. The van der Waals surface area contributed by atoms with Crippen LogP contribution in [0.25, 0.3) is 11.1 Å². The van der Waals surface area contributed by atoms with Crippen molar-refractivity contribution in [3.63, 3.8) is 0 Å². The Bertz CT molecular complexity index is 902. The normalized spacial score (nSPS) is 13.5. The molecule has 0 amide bonds. The maximum absolute atomic E-state index is 10.7. The third kappa shape index (κ3) is 2.55. The Hall–Kier alpha value is -1.80. The SMILES string of the molecule is OC(c1ccc(Cl)c(Cl)c1)c1ccc2c(c1)Cc1ccccc1-2. The Kier molecular flexibility index (Phi) is 3.65. The standard InChI is InChI=1S/C20H14Cl2O/c21-18-8-6-14(11-19(18)22)20(23)13-5-7-17-15(10-13)9-12-3-1-2-4-16(12)17/h1-8,10-11,20,23H,9H2. The Labute approximate surface area is 145 Å². The van der Waals surface area contributed by atoms with E-state index in [-0.39, 0.29) is 0 Å². The summed E-state index contributed by atoms with van der Waals surface area (Å²) in [6.45, 7) is 0. The molecule has 3 heteroatoms. The zero-order valence-corrected chi connectivity index (χ0v) is 13.8. The fourth-order valence-corrected chi connectivity index (χ4v) is 3.52. The summed E-state index contributed by atoms with van der Waals surface area (Å²) in [5, 5.41) is 11.6. The zero-order valence-electron chi connectivity index (χ0n) is 12.3. The molecule has 0 saturated carbocycles. The molecule has 1 atom stereocenters. The predicted molar refractivity (Wildman–Crippen MR) is 95.2 cm³/mol. The second kappa shape index (κ2) is 5.68. The van der Waals surface area contributed by atoms with Gasteiger partial charge in [0.1, 0.15) is 6.10 Å². The topological polar surface area (TPSA) is 20.2 Å². The molecule has 0 bridgehead atoms. The van der Waals surface area contributed by atoms with E-state index in [1.165, 1.54) is 22.3 Å². The quantitative estimate of drug-likeness (QED) is 0.500. The number of aliphatic hydroxyl groups is 1. The van der Waals surface area contributed by atoms with Crippen molar-refractivity contribution in [2.75, 3.05) is 0 Å². The van der Waals surface area contributed by atoms with Gasteiger partial charge in [0.05, 0.1) is 10.0 Å². The van der Waals surface area contributed by atoms with Gasteiger partial charge in [0.25, 0.3) is 0 Å². The minimum atomic E-state index is -0.709. The lowest BCUT2D eigenvalue weighted by molar-refractivity contribution is 0.220. The molecule has 0 heterocycles. The Balaban J connectivity index is 1.71. The van der Waals surface area contributed by atoms with E-state index in [1.54, 1.807) is 18.2 Å². The summed E-state index contributed by atoms with van der Waals surface area (Å²) in [6.07, 6.45) is 0.201. The molecule has 3 aromatic rings. The minimum absolute atomic E-state index is 0.455. The van der Waals surface area contributed by atoms with Gasteiger partial charge in [0.2, 0.25) is 0 Å². The highest BCUT2D eigenvalue weighted by Gasteiger charge is 2.20. The van der Waals surface area contributed by atoms with Crippen molar-refractivity contribution in [3.8, 4) is 11.1 Å². The first-order valence-corrected chi connectivity index (χ1v) is 8.23. The lowest BCUT2D eigenvalue weighted by Gasteiger charge is -2.14. The highest BCUT2D eigenvalue weighted by atomic mass is 35.5. The van der Waals surface area contributed by atoms with Crippen LogP contribution in [-0.2, 0) is 6.42 Å². The van der Waals surface area contributed by atoms with Crippen LogP contribution >= 0.6 is 23.2 Å². The summed E-state index contributed by atoms with van der Waals surface area (Å²) in [6, 6.07) is 19.8. The van der Waals surface area contributed by atoms with Gasteiger partial charge < -0.3 is 5.11 Å². The lowest BCUT2D eigenvalue weighted by Crippen LogP contribution is -2.00. The molecule has 0 spiro atoms. The Morgan fingerprint density at radius 2 is 1.43 bits per heavy atom. The van der Waals surface area contributed by atoms with Gasteiger partial charge in [-0.2, -0.15) is 0 Å². The number of hydrogen-bond donors (Lipinski definition) is 1. The van der Waals surface area contributed by atoms with Crippen LogP contribution in [0.5, 0.6) is 0 Å². The van der Waals surface area contributed by atoms with Crippen LogP contribution in [0.3, 0.4) is 0 Å². The van der Waals surface area contributed by atoms with Crippen LogP contribution < -0.4 is 0 Å². The number of hydrogen-bond acceptors (Lipinski definition) is 1. The van der Waals surface area contributed by atoms with E-state index in [1.807, 2.05) is 6.07 Å². The molecule has 3 aromatic carbocycles. The average molecular weight is 341 g/mol. The molecule has 1 aliphatic rings. The van der Waals surface area contributed by atoms with E-state index < -0.39 is 6.10 Å². The van der Waals surface area contributed by atoms with E-state index in [0.29, 0.717) is 10.0 Å². The maximum atomic E-state index is 10.7. The van der Waals surface area contributed by atoms with Crippen LogP contribution in [0.15, 0.2) is 60.7 Å². The zero-order chi connectivity index (χ0) is 16.0. The molecule has 0 radical (unpaired) electrons. The fraction of sp³-hybridized carbons (Fsp3) is 0.100. The van der Waals surface area contributed by atoms with Crippen molar-refractivity contribution < 1.29 is 5.11 Å². The smallest absolute Gasteiger partial charge is 0.104 e. The molecule has 1 aliphatic carbocycles. The minimum Gasteiger partial charge on any atom is -0.384 e. The summed E-state index contributed by atoms with van der Waals surface area (Å²) in [5.41, 5.74) is 6.75. The number of halogens is 2. The van der Waals surface area contributed by atoms with E-state index in [4.69, 9.17) is 23.2 Å². The summed E-state index contributed by atoms with van der Waals surface area (Å²) < 4.78 is 0. The predicted octanol–water partition coefficient (Wildman–Crippen LogP) is 5.65. The van der Waals surface area contributed by atoms with Gasteiger partial charge >= 0.3 is 0 Å². The van der Waals surface area contributed by atoms with Gasteiger partial charge in [-0.1, -0.05) is 71.7 Å². The molecule has 23 heavy (non-hydrogen) atoms. The van der Waals surface area contributed by atoms with E-state index in [2.05, 4.69) is 36.4 Å². The van der Waals surface area contributed by atoms with Gasteiger partial charge in [0.15, 0.2) is 0 Å². The summed E-state index contributed by atoms with van der Waals surface area (Å²) in [7, 11) is 0. The number of fused-ring (bicyclic) bond motifs is 3. The van der Waals surface area contributed by atoms with E-state index in [9.17, 15) is 5.11 Å². The van der Waals surface area contributed by atoms with E-state index >= 15 is 0 Å². The van der Waals surface area contributed by atoms with Crippen molar-refractivity contribution in [1.29, 1.82) is 0 Å². The van der Waals surface area contributed by atoms with Crippen molar-refractivity contribution >= 4 is 23.2 Å². The van der Waals surface area contributed by atoms with E-state index in [0.717, 1.165) is 17.5 Å². The van der Waals surface area contributed by atoms with Gasteiger partial charge in [-0.05, 0) is 51.9 Å². The third-order valence-electron chi connectivity index (χ3n) is 4.39. The van der Waals surface area contributed by atoms with Crippen LogP contribution in [-0.4, -0.2) is 5.11 Å². The number of rotatable bonds is 2. The Morgan fingerprint density at radius 1 is 0.739 bits per heavy atom. The molecule has 1 N–H and O–H groups in total. The molecule has 0 aromatic heterocycles. The molecule has 1 unspecified atom stereocenters. The van der Waals surface area contributed by atoms with Gasteiger partial charge in [0, 0.05) is 0 Å². The second-order valence-corrected chi connectivity index (χ2v) is 6.64. The first-order valence-electron chi connectivity index (χ1n) is 7.47. The molecular formula is C20H14Cl2O. The summed E-state index contributed by atoms with van der Waals surface area (Å²) >= 11 is 12.0. The van der Waals surface area contributed by atoms with Gasteiger partial charge in [-0.25, -0.2) is 0 Å². The van der Waals surface area contributed by atoms with Crippen molar-refractivity contribution in [1.82, 2.24) is 0 Å². The largest absolute Gasteiger partial charge is 0.384 e. The van der Waals surface area contributed by atoms with Crippen LogP contribution in [0, 0.1) is 0 Å². The van der Waals surface area contributed by atoms with Crippen molar-refractivity contribution in [2.45, 2.75) is 12.5 Å². The molecule has 4 rings (SSSR count). The maximum Gasteiger partial charge on any atom is 0.104 e. The molecule has 114 valence electrons. The highest BCUT2D eigenvalue weighted by molar-refractivity contribution is 6.42. The molecule has 1 nitrogen and oxygen atoms in total. The molecule has 0 saturated heterocycles. The monoisotopic (exact) mass is 340 g/mol. The molecular weight excluding hydrogens is 327 g/mol. The van der Waals surface area contributed by atoms with Gasteiger partial charge in [-0.15, -0.1) is 0 Å². The number of aliphatic hydroxyl groups excluding tert-OH is 1. The van der Waals surface area contributed by atoms with Crippen LogP contribution in [0.2, 0.25) is 10.0 Å². The lowest BCUT2D eigenvalue weighted by atomic mass is 9.97. The molecule has 0 fully saturated rings. The van der Waals surface area contributed by atoms with Crippen molar-refractivity contribution in [3.05, 3.63) is 93.0 Å². The van der Waals surface area contributed by atoms with Crippen LogP contribution in [0.1, 0.15) is 28.4 Å². The Morgan fingerprint density at radius 3 is 2.26 bits per heavy atom. The number of benzene rings is 3. The third-order valence-corrected chi connectivity index (χ3v) is 5.13. The average Bonchev–Trinajstić information content (AvgIpc) is 2.94. The first kappa shape index (κ1) is 14.8. The highest BCUT2D eigenvalue weighted by Crippen LogP contribution is 2.38. The summed E-state index contributed by atoms with van der Waals surface area (Å²) in [5.74, 6) is 0. The first-order chi connectivity index (χ1) is 11.1. The van der Waals surface area contributed by atoms with Crippen LogP contribution in [0.4, 0.5) is 0 Å².